The molecule has 7 heteroatoms. The molecule has 1 amide bonds. The first-order valence-corrected chi connectivity index (χ1v) is 8.04. The van der Waals surface area contributed by atoms with E-state index >= 15 is 0 Å². The Kier molecular flexibility index (Phi) is 3.79. The van der Waals surface area contributed by atoms with Gasteiger partial charge in [0.2, 0.25) is 5.91 Å². The van der Waals surface area contributed by atoms with Gasteiger partial charge in [0.1, 0.15) is 5.82 Å². The molecule has 1 unspecified atom stereocenters. The molecule has 1 aliphatic rings. The number of benzene rings is 2. The first-order chi connectivity index (χ1) is 12.4. The first-order valence-electron chi connectivity index (χ1n) is 8.04. The molecule has 0 spiro atoms. The summed E-state index contributed by atoms with van der Waals surface area (Å²) in [7, 11) is 0. The van der Waals surface area contributed by atoms with E-state index in [2.05, 4.69) is 10.4 Å². The number of alkyl halides is 3. The number of fused-ring (bicyclic) bond motifs is 1. The normalized spacial score (nSPS) is 16.9. The van der Waals surface area contributed by atoms with Gasteiger partial charge in [0.25, 0.3) is 0 Å². The number of rotatable bonds is 2. The van der Waals surface area contributed by atoms with Crippen molar-refractivity contribution >= 4 is 11.7 Å². The van der Waals surface area contributed by atoms with E-state index in [1.165, 1.54) is 23.0 Å². The zero-order valence-corrected chi connectivity index (χ0v) is 13.5. The molecule has 3 aromatic rings. The fraction of sp³-hybridized carbons (Fsp3) is 0.158. The summed E-state index contributed by atoms with van der Waals surface area (Å²) < 4.78 is 41.8. The molecule has 132 valence electrons. The van der Waals surface area contributed by atoms with Crippen LogP contribution in [0.2, 0.25) is 0 Å². The van der Waals surface area contributed by atoms with Crippen molar-refractivity contribution in [3.63, 3.8) is 0 Å². The Morgan fingerprint density at radius 3 is 2.42 bits per heavy atom. The van der Waals surface area contributed by atoms with Crippen LogP contribution in [0.3, 0.4) is 0 Å². The molecule has 1 aliphatic heterocycles. The number of amides is 1. The number of nitrogens with one attached hydrogen (secondary N) is 1. The lowest BCUT2D eigenvalue weighted by Crippen LogP contribution is -2.26. The molecule has 2 aromatic carbocycles. The van der Waals surface area contributed by atoms with Crippen LogP contribution in [0.1, 0.15) is 29.0 Å². The molecule has 0 bridgehead atoms. The van der Waals surface area contributed by atoms with Crippen molar-refractivity contribution < 1.29 is 18.0 Å². The SMILES string of the molecule is O=C1CC(c2ccccc2C(F)(F)F)c2cnn(-c3ccccc3)c2N1. The maximum absolute atomic E-state index is 13.4. The zero-order valence-electron chi connectivity index (χ0n) is 13.5. The van der Waals surface area contributed by atoms with Crippen LogP contribution in [0.5, 0.6) is 0 Å². The van der Waals surface area contributed by atoms with Crippen molar-refractivity contribution in [2.75, 3.05) is 5.32 Å². The highest BCUT2D eigenvalue weighted by molar-refractivity contribution is 5.94. The Hall–Kier alpha value is -3.09. The summed E-state index contributed by atoms with van der Waals surface area (Å²) in [5, 5.41) is 7.04. The molecule has 0 aliphatic carbocycles. The molecule has 1 N–H and O–H groups in total. The van der Waals surface area contributed by atoms with Gasteiger partial charge in [-0.3, -0.25) is 4.79 Å². The average Bonchev–Trinajstić information content (AvgIpc) is 3.05. The number of hydrogen-bond donors (Lipinski definition) is 1. The number of aromatic nitrogens is 2. The largest absolute Gasteiger partial charge is 0.416 e. The molecule has 1 aromatic heterocycles. The van der Waals surface area contributed by atoms with E-state index in [0.717, 1.165) is 11.8 Å². The van der Waals surface area contributed by atoms with Crippen molar-refractivity contribution in [3.05, 3.63) is 77.5 Å². The van der Waals surface area contributed by atoms with Crippen LogP contribution < -0.4 is 5.32 Å². The van der Waals surface area contributed by atoms with Gasteiger partial charge in [-0.2, -0.15) is 18.3 Å². The third-order valence-electron chi connectivity index (χ3n) is 4.46. The Labute approximate surface area is 147 Å². The number of hydrogen-bond acceptors (Lipinski definition) is 2. The van der Waals surface area contributed by atoms with Crippen LogP contribution in [-0.2, 0) is 11.0 Å². The van der Waals surface area contributed by atoms with Crippen molar-refractivity contribution in [3.8, 4) is 5.69 Å². The quantitative estimate of drug-likeness (QED) is 0.741. The first kappa shape index (κ1) is 16.4. The van der Waals surface area contributed by atoms with Crippen molar-refractivity contribution in [1.29, 1.82) is 0 Å². The number of para-hydroxylation sites is 1. The summed E-state index contributed by atoms with van der Waals surface area (Å²) in [6.45, 7) is 0. The summed E-state index contributed by atoms with van der Waals surface area (Å²) in [6, 6.07) is 14.5. The summed E-state index contributed by atoms with van der Waals surface area (Å²) in [5.41, 5.74) is 0.658. The van der Waals surface area contributed by atoms with Gasteiger partial charge in [0, 0.05) is 17.9 Å². The molecule has 0 saturated carbocycles. The minimum absolute atomic E-state index is 0.0550. The van der Waals surface area contributed by atoms with Gasteiger partial charge in [0.05, 0.1) is 17.4 Å². The number of carbonyl (C=O) groups is 1. The van der Waals surface area contributed by atoms with Crippen LogP contribution in [-0.4, -0.2) is 15.7 Å². The highest BCUT2D eigenvalue weighted by Gasteiger charge is 2.38. The fourth-order valence-corrected chi connectivity index (χ4v) is 3.32. The minimum atomic E-state index is -4.49. The third-order valence-corrected chi connectivity index (χ3v) is 4.46. The second kappa shape index (κ2) is 6.01. The van der Waals surface area contributed by atoms with Gasteiger partial charge in [-0.15, -0.1) is 0 Å². The molecule has 4 rings (SSSR count). The summed E-state index contributed by atoms with van der Waals surface area (Å²) in [4.78, 5) is 12.2. The van der Waals surface area contributed by atoms with E-state index in [0.29, 0.717) is 11.4 Å². The van der Waals surface area contributed by atoms with Crippen LogP contribution in [0.4, 0.5) is 19.0 Å². The fourth-order valence-electron chi connectivity index (χ4n) is 3.32. The average molecular weight is 357 g/mol. The predicted molar refractivity (Wildman–Crippen MR) is 90.1 cm³/mol. The molecule has 2 heterocycles. The monoisotopic (exact) mass is 357 g/mol. The van der Waals surface area contributed by atoms with Crippen LogP contribution in [0.15, 0.2) is 60.8 Å². The lowest BCUT2D eigenvalue weighted by Gasteiger charge is -2.26. The second-order valence-corrected chi connectivity index (χ2v) is 6.09. The maximum Gasteiger partial charge on any atom is 0.416 e. The van der Waals surface area contributed by atoms with E-state index in [-0.39, 0.29) is 17.9 Å². The standard InChI is InChI=1S/C19H14F3N3O/c20-19(21,22)16-9-5-4-8-13(16)14-10-17(26)24-18-15(14)11-23-25(18)12-6-2-1-3-7-12/h1-9,11,14H,10H2,(H,24,26). The number of anilines is 1. The molecular weight excluding hydrogens is 343 g/mol. The van der Waals surface area contributed by atoms with Gasteiger partial charge in [-0.25, -0.2) is 4.68 Å². The van der Waals surface area contributed by atoms with Crippen LogP contribution in [0.25, 0.3) is 5.69 Å². The molecule has 26 heavy (non-hydrogen) atoms. The van der Waals surface area contributed by atoms with E-state index in [1.54, 1.807) is 6.07 Å². The molecule has 1 atom stereocenters. The van der Waals surface area contributed by atoms with Gasteiger partial charge < -0.3 is 5.32 Å². The number of nitrogens with zero attached hydrogens (tertiary/aromatic N) is 2. The van der Waals surface area contributed by atoms with Crippen molar-refractivity contribution in [2.45, 2.75) is 18.5 Å². The predicted octanol–water partition coefficient (Wildman–Crippen LogP) is 4.37. The van der Waals surface area contributed by atoms with Gasteiger partial charge in [0.15, 0.2) is 0 Å². The molecule has 0 fully saturated rings. The highest BCUT2D eigenvalue weighted by atomic mass is 19.4. The smallest absolute Gasteiger partial charge is 0.310 e. The molecule has 4 nitrogen and oxygen atoms in total. The number of halogens is 3. The lowest BCUT2D eigenvalue weighted by molar-refractivity contribution is -0.138. The summed E-state index contributed by atoms with van der Waals surface area (Å²) >= 11 is 0. The van der Waals surface area contributed by atoms with Crippen LogP contribution >= 0.6 is 0 Å². The Morgan fingerprint density at radius 2 is 1.69 bits per heavy atom. The van der Waals surface area contributed by atoms with Gasteiger partial charge >= 0.3 is 6.18 Å². The van der Waals surface area contributed by atoms with E-state index < -0.39 is 17.7 Å². The molecule has 0 radical (unpaired) electrons. The Bertz CT molecular complexity index is 964. The zero-order chi connectivity index (χ0) is 18.3. The Morgan fingerprint density at radius 1 is 1.00 bits per heavy atom. The Balaban J connectivity index is 1.86. The van der Waals surface area contributed by atoms with Gasteiger partial charge in [-0.1, -0.05) is 36.4 Å². The topological polar surface area (TPSA) is 46.9 Å². The minimum Gasteiger partial charge on any atom is -0.310 e. The summed E-state index contributed by atoms with van der Waals surface area (Å²) in [5.74, 6) is -0.624. The van der Waals surface area contributed by atoms with E-state index in [4.69, 9.17) is 0 Å². The molecule has 0 saturated heterocycles. The van der Waals surface area contributed by atoms with Crippen LogP contribution in [0, 0.1) is 0 Å². The second-order valence-electron chi connectivity index (χ2n) is 6.09. The van der Waals surface area contributed by atoms with E-state index in [1.807, 2.05) is 30.3 Å². The molecular formula is C19H14F3N3O. The number of carbonyl (C=O) groups excluding carboxylic acids is 1. The highest BCUT2D eigenvalue weighted by Crippen LogP contribution is 2.43. The maximum atomic E-state index is 13.4. The summed E-state index contributed by atoms with van der Waals surface area (Å²) in [6.07, 6.45) is -3.01. The van der Waals surface area contributed by atoms with Crippen molar-refractivity contribution in [2.24, 2.45) is 0 Å². The van der Waals surface area contributed by atoms with Crippen molar-refractivity contribution in [1.82, 2.24) is 9.78 Å². The van der Waals surface area contributed by atoms with E-state index in [9.17, 15) is 18.0 Å². The lowest BCUT2D eigenvalue weighted by atomic mass is 9.84. The third kappa shape index (κ3) is 2.75. The van der Waals surface area contributed by atoms with Gasteiger partial charge in [-0.05, 0) is 23.8 Å².